The molecule has 2 aromatic rings. The van der Waals surface area contributed by atoms with Crippen molar-refractivity contribution in [3.63, 3.8) is 0 Å². The molecule has 1 aromatic carbocycles. The minimum absolute atomic E-state index is 0.579. The van der Waals surface area contributed by atoms with Gasteiger partial charge in [-0.2, -0.15) is 0 Å². The molecule has 17 heavy (non-hydrogen) atoms. The molecule has 0 aliphatic rings. The summed E-state index contributed by atoms with van der Waals surface area (Å²) in [7, 11) is 2.14. The van der Waals surface area contributed by atoms with Gasteiger partial charge in [0, 0.05) is 18.6 Å². The lowest BCUT2D eigenvalue weighted by Gasteiger charge is -2.15. The normalized spacial score (nSPS) is 13.5. The van der Waals surface area contributed by atoms with Crippen LogP contribution in [0.1, 0.15) is 57.1 Å². The molecule has 0 bridgehead atoms. The number of fused-ring (bicyclic) bond motifs is 1. The molecule has 0 saturated heterocycles. The lowest BCUT2D eigenvalue weighted by Crippen LogP contribution is -1.99. The van der Waals surface area contributed by atoms with Gasteiger partial charge in [0.1, 0.15) is 0 Å². The predicted octanol–water partition coefficient (Wildman–Crippen LogP) is 4.82. The Bertz CT molecular complexity index is 520. The summed E-state index contributed by atoms with van der Waals surface area (Å²) in [6.07, 6.45) is 3.37. The largest absolute Gasteiger partial charge is 0.350 e. The molecule has 2 rings (SSSR count). The van der Waals surface area contributed by atoms with Crippen LogP contribution in [0.5, 0.6) is 0 Å². The molecule has 1 heterocycles. The molecule has 0 aliphatic heterocycles. The van der Waals surface area contributed by atoms with Gasteiger partial charge in [-0.15, -0.1) is 0 Å². The summed E-state index contributed by atoms with van der Waals surface area (Å²) in [4.78, 5) is 0. The molecule has 0 fully saturated rings. The van der Waals surface area contributed by atoms with Crippen LogP contribution < -0.4 is 0 Å². The lowest BCUT2D eigenvalue weighted by molar-refractivity contribution is 0.730. The molecule has 1 atom stereocenters. The van der Waals surface area contributed by atoms with Gasteiger partial charge in [0.2, 0.25) is 0 Å². The third kappa shape index (κ3) is 2.11. The zero-order valence-corrected chi connectivity index (χ0v) is 11.6. The quantitative estimate of drug-likeness (QED) is 0.711. The second-order valence-electron chi connectivity index (χ2n) is 5.44. The highest BCUT2D eigenvalue weighted by Crippen LogP contribution is 2.31. The van der Waals surface area contributed by atoms with E-state index in [1.807, 2.05) is 0 Å². The van der Waals surface area contributed by atoms with Crippen molar-refractivity contribution in [3.05, 3.63) is 35.5 Å². The molecule has 1 nitrogen and oxygen atoms in total. The van der Waals surface area contributed by atoms with Crippen molar-refractivity contribution >= 4 is 10.9 Å². The van der Waals surface area contributed by atoms with Crippen LogP contribution in [-0.2, 0) is 7.05 Å². The highest BCUT2D eigenvalue weighted by molar-refractivity contribution is 5.84. The minimum atomic E-state index is 0.579. The molecule has 0 saturated carbocycles. The summed E-state index contributed by atoms with van der Waals surface area (Å²) >= 11 is 0. The van der Waals surface area contributed by atoms with Crippen molar-refractivity contribution in [1.82, 2.24) is 4.57 Å². The maximum absolute atomic E-state index is 2.40. The van der Waals surface area contributed by atoms with E-state index in [2.05, 4.69) is 63.7 Å². The summed E-state index contributed by atoms with van der Waals surface area (Å²) in [5.74, 6) is 1.23. The first-order valence-corrected chi connectivity index (χ1v) is 6.63. The maximum atomic E-state index is 2.40. The van der Waals surface area contributed by atoms with Gasteiger partial charge in [0.05, 0.1) is 5.52 Å². The van der Waals surface area contributed by atoms with Gasteiger partial charge in [0.25, 0.3) is 0 Å². The number of hydrogen-bond acceptors (Lipinski definition) is 0. The van der Waals surface area contributed by atoms with Gasteiger partial charge in [-0.3, -0.25) is 0 Å². The van der Waals surface area contributed by atoms with Gasteiger partial charge in [-0.05, 0) is 41.5 Å². The Morgan fingerprint density at radius 2 is 1.88 bits per heavy atom. The third-order valence-corrected chi connectivity index (χ3v) is 3.83. The number of hydrogen-bond donors (Lipinski definition) is 0. The van der Waals surface area contributed by atoms with Crippen LogP contribution in [0, 0.1) is 0 Å². The zero-order valence-electron chi connectivity index (χ0n) is 11.6. The van der Waals surface area contributed by atoms with Crippen LogP contribution in [0.3, 0.4) is 0 Å². The number of benzene rings is 1. The van der Waals surface area contributed by atoms with E-state index in [0.717, 1.165) is 0 Å². The van der Waals surface area contributed by atoms with Crippen molar-refractivity contribution in [1.29, 1.82) is 0 Å². The summed E-state index contributed by atoms with van der Waals surface area (Å²) in [6.45, 7) is 9.13. The van der Waals surface area contributed by atoms with E-state index in [4.69, 9.17) is 0 Å². The van der Waals surface area contributed by atoms with Crippen LogP contribution in [0.25, 0.3) is 10.9 Å². The molecular weight excluding hydrogens is 206 g/mol. The first kappa shape index (κ1) is 12.2. The molecule has 0 amide bonds. The van der Waals surface area contributed by atoms with Crippen molar-refractivity contribution < 1.29 is 0 Å². The average Bonchev–Trinajstić information content (AvgIpc) is 2.69. The maximum Gasteiger partial charge on any atom is 0.0513 e. The first-order chi connectivity index (χ1) is 8.04. The van der Waals surface area contributed by atoms with Crippen molar-refractivity contribution in [2.75, 3.05) is 0 Å². The van der Waals surface area contributed by atoms with E-state index in [0.29, 0.717) is 11.8 Å². The Morgan fingerprint density at radius 1 is 1.18 bits per heavy atom. The molecule has 0 radical (unpaired) electrons. The fourth-order valence-corrected chi connectivity index (χ4v) is 2.47. The molecule has 92 valence electrons. The van der Waals surface area contributed by atoms with E-state index >= 15 is 0 Å². The van der Waals surface area contributed by atoms with Gasteiger partial charge in [0.15, 0.2) is 0 Å². The van der Waals surface area contributed by atoms with Crippen molar-refractivity contribution in [2.45, 2.75) is 46.0 Å². The zero-order chi connectivity index (χ0) is 12.6. The Balaban J connectivity index is 2.68. The molecule has 1 unspecified atom stereocenters. The topological polar surface area (TPSA) is 4.93 Å². The average molecular weight is 229 g/mol. The summed E-state index contributed by atoms with van der Waals surface area (Å²) < 4.78 is 2.24. The van der Waals surface area contributed by atoms with E-state index in [1.165, 1.54) is 28.5 Å². The predicted molar refractivity (Wildman–Crippen MR) is 75.7 cm³/mol. The van der Waals surface area contributed by atoms with Gasteiger partial charge < -0.3 is 4.57 Å². The van der Waals surface area contributed by atoms with E-state index < -0.39 is 0 Å². The molecule has 0 N–H and O–H groups in total. The molecule has 0 spiro atoms. The van der Waals surface area contributed by atoms with Gasteiger partial charge in [-0.1, -0.05) is 33.8 Å². The molecule has 1 aromatic heterocycles. The van der Waals surface area contributed by atoms with E-state index in [9.17, 15) is 0 Å². The molecular formula is C16H23N. The summed E-state index contributed by atoms with van der Waals surface area (Å²) in [5.41, 5.74) is 4.35. The lowest BCUT2D eigenvalue weighted by atomic mass is 9.91. The minimum Gasteiger partial charge on any atom is -0.350 e. The van der Waals surface area contributed by atoms with Crippen molar-refractivity contribution in [3.8, 4) is 0 Å². The Labute approximate surface area is 104 Å². The Kier molecular flexibility index (Phi) is 3.28. The molecule has 1 heteroatoms. The van der Waals surface area contributed by atoms with Gasteiger partial charge in [-0.25, -0.2) is 0 Å². The smallest absolute Gasteiger partial charge is 0.0513 e. The monoisotopic (exact) mass is 229 g/mol. The molecule has 0 aliphatic carbocycles. The van der Waals surface area contributed by atoms with Crippen LogP contribution in [0.2, 0.25) is 0 Å². The SMILES string of the molecule is CCC(C)c1cc(C(C)C)c2c(ccn2C)c1. The van der Waals surface area contributed by atoms with E-state index in [-0.39, 0.29) is 0 Å². The summed E-state index contributed by atoms with van der Waals surface area (Å²) in [6, 6.07) is 6.99. The fourth-order valence-electron chi connectivity index (χ4n) is 2.47. The Morgan fingerprint density at radius 3 is 2.47 bits per heavy atom. The number of rotatable bonds is 3. The number of nitrogens with zero attached hydrogens (tertiary/aromatic N) is 1. The van der Waals surface area contributed by atoms with Crippen LogP contribution in [0.4, 0.5) is 0 Å². The second kappa shape index (κ2) is 4.56. The second-order valence-corrected chi connectivity index (χ2v) is 5.44. The van der Waals surface area contributed by atoms with Gasteiger partial charge >= 0.3 is 0 Å². The number of aryl methyl sites for hydroxylation is 1. The van der Waals surface area contributed by atoms with Crippen molar-refractivity contribution in [2.24, 2.45) is 7.05 Å². The van der Waals surface area contributed by atoms with Crippen LogP contribution >= 0.6 is 0 Å². The highest BCUT2D eigenvalue weighted by Gasteiger charge is 2.12. The Hall–Kier alpha value is -1.24. The third-order valence-electron chi connectivity index (χ3n) is 3.83. The van der Waals surface area contributed by atoms with Crippen LogP contribution in [0.15, 0.2) is 24.4 Å². The first-order valence-electron chi connectivity index (χ1n) is 6.63. The number of aromatic nitrogens is 1. The standard InChI is InChI=1S/C16H23N/c1-6-12(4)14-9-13-7-8-17(5)16(13)15(10-14)11(2)3/h7-12H,6H2,1-5H3. The highest BCUT2D eigenvalue weighted by atomic mass is 14.9. The fraction of sp³-hybridized carbons (Fsp3) is 0.500. The summed E-state index contributed by atoms with van der Waals surface area (Å²) in [5, 5.41) is 1.38. The van der Waals surface area contributed by atoms with E-state index in [1.54, 1.807) is 0 Å². The van der Waals surface area contributed by atoms with Crippen LogP contribution in [-0.4, -0.2) is 4.57 Å².